The Hall–Kier alpha value is -2.95. The Morgan fingerprint density at radius 3 is 2.33 bits per heavy atom. The number of hydrogen-bond donors (Lipinski definition) is 1. The van der Waals surface area contributed by atoms with Crippen molar-refractivity contribution >= 4 is 11.6 Å². The SMILES string of the molecule is CN(CCc1ccncc1)c1cc(NC(C)(C)C)nc(-c2ccccc2)n1. The summed E-state index contributed by atoms with van der Waals surface area (Å²) in [5.41, 5.74) is 2.20. The molecule has 0 spiro atoms. The van der Waals surface area contributed by atoms with E-state index in [0.29, 0.717) is 0 Å². The highest BCUT2D eigenvalue weighted by atomic mass is 15.2. The van der Waals surface area contributed by atoms with E-state index < -0.39 is 0 Å². The Morgan fingerprint density at radius 1 is 0.963 bits per heavy atom. The van der Waals surface area contributed by atoms with Crippen molar-refractivity contribution < 1.29 is 0 Å². The predicted octanol–water partition coefficient (Wildman–Crippen LogP) is 4.43. The summed E-state index contributed by atoms with van der Waals surface area (Å²) in [4.78, 5) is 15.8. The van der Waals surface area contributed by atoms with Crippen molar-refractivity contribution in [3.63, 3.8) is 0 Å². The van der Waals surface area contributed by atoms with Crippen molar-refractivity contribution in [3.05, 3.63) is 66.5 Å². The van der Waals surface area contributed by atoms with E-state index in [4.69, 9.17) is 9.97 Å². The Balaban J connectivity index is 1.87. The summed E-state index contributed by atoms with van der Waals surface area (Å²) in [6.07, 6.45) is 4.60. The summed E-state index contributed by atoms with van der Waals surface area (Å²) in [7, 11) is 2.07. The number of pyridine rings is 1. The molecular weight excluding hydrogens is 334 g/mol. The lowest BCUT2D eigenvalue weighted by Crippen LogP contribution is -2.28. The van der Waals surface area contributed by atoms with Gasteiger partial charge in [0.05, 0.1) is 0 Å². The average Bonchev–Trinajstić information content (AvgIpc) is 2.66. The van der Waals surface area contributed by atoms with Gasteiger partial charge in [0.2, 0.25) is 0 Å². The second kappa shape index (κ2) is 8.16. The van der Waals surface area contributed by atoms with Crippen molar-refractivity contribution in [2.75, 3.05) is 23.8 Å². The first-order valence-electron chi connectivity index (χ1n) is 9.23. The lowest BCUT2D eigenvalue weighted by molar-refractivity contribution is 0.630. The van der Waals surface area contributed by atoms with Gasteiger partial charge < -0.3 is 10.2 Å². The fraction of sp³-hybridized carbons (Fsp3) is 0.318. The quantitative estimate of drug-likeness (QED) is 0.704. The third-order valence-electron chi connectivity index (χ3n) is 4.12. The smallest absolute Gasteiger partial charge is 0.163 e. The van der Waals surface area contributed by atoms with Gasteiger partial charge in [-0.15, -0.1) is 0 Å². The van der Waals surface area contributed by atoms with Gasteiger partial charge in [-0.3, -0.25) is 4.98 Å². The van der Waals surface area contributed by atoms with Crippen molar-refractivity contribution in [1.29, 1.82) is 0 Å². The zero-order valence-electron chi connectivity index (χ0n) is 16.5. The fourth-order valence-corrected chi connectivity index (χ4v) is 2.76. The number of rotatable bonds is 6. The molecule has 27 heavy (non-hydrogen) atoms. The van der Waals surface area contributed by atoms with E-state index >= 15 is 0 Å². The number of nitrogens with zero attached hydrogens (tertiary/aromatic N) is 4. The molecule has 0 amide bonds. The van der Waals surface area contributed by atoms with Crippen molar-refractivity contribution in [2.45, 2.75) is 32.7 Å². The molecule has 0 atom stereocenters. The molecule has 0 saturated carbocycles. The first-order chi connectivity index (χ1) is 12.9. The first-order valence-corrected chi connectivity index (χ1v) is 9.23. The van der Waals surface area contributed by atoms with Crippen LogP contribution in [0.5, 0.6) is 0 Å². The maximum Gasteiger partial charge on any atom is 0.163 e. The maximum atomic E-state index is 4.81. The van der Waals surface area contributed by atoms with E-state index in [1.807, 2.05) is 48.8 Å². The third kappa shape index (κ3) is 5.51. The molecule has 5 nitrogen and oxygen atoms in total. The molecule has 5 heteroatoms. The van der Waals surface area contributed by atoms with Gasteiger partial charge in [0.1, 0.15) is 11.6 Å². The van der Waals surface area contributed by atoms with Crippen LogP contribution in [-0.2, 0) is 6.42 Å². The highest BCUT2D eigenvalue weighted by Crippen LogP contribution is 2.24. The molecule has 0 aliphatic rings. The van der Waals surface area contributed by atoms with Crippen LogP contribution in [0.3, 0.4) is 0 Å². The molecule has 0 fully saturated rings. The zero-order chi connectivity index (χ0) is 19.3. The second-order valence-electron chi connectivity index (χ2n) is 7.70. The molecule has 2 aromatic heterocycles. The van der Waals surface area contributed by atoms with Gasteiger partial charge in [-0.25, -0.2) is 9.97 Å². The Morgan fingerprint density at radius 2 is 1.67 bits per heavy atom. The summed E-state index contributed by atoms with van der Waals surface area (Å²) in [5, 5.41) is 3.47. The first kappa shape index (κ1) is 18.8. The third-order valence-corrected chi connectivity index (χ3v) is 4.12. The van der Waals surface area contributed by atoms with E-state index in [1.54, 1.807) is 0 Å². The van der Waals surface area contributed by atoms with Crippen LogP contribution in [0.25, 0.3) is 11.4 Å². The minimum atomic E-state index is -0.0742. The lowest BCUT2D eigenvalue weighted by Gasteiger charge is -2.24. The van der Waals surface area contributed by atoms with E-state index in [1.165, 1.54) is 5.56 Å². The minimum absolute atomic E-state index is 0.0742. The van der Waals surface area contributed by atoms with Crippen LogP contribution in [0.1, 0.15) is 26.3 Å². The Labute approximate surface area is 161 Å². The molecule has 0 radical (unpaired) electrons. The number of aromatic nitrogens is 3. The standard InChI is InChI=1S/C22H27N5/c1-22(2,3)26-19-16-20(25-21(24-19)18-8-6-5-7-9-18)27(4)15-12-17-10-13-23-14-11-17/h5-11,13-14,16H,12,15H2,1-4H3,(H,24,25,26). The van der Waals surface area contributed by atoms with Crippen LogP contribution in [0.4, 0.5) is 11.6 Å². The monoisotopic (exact) mass is 361 g/mol. The number of likely N-dealkylation sites (N-methyl/N-ethyl adjacent to an activating group) is 1. The van der Waals surface area contributed by atoms with Crippen LogP contribution >= 0.6 is 0 Å². The molecular formula is C22H27N5. The van der Waals surface area contributed by atoms with E-state index in [-0.39, 0.29) is 5.54 Å². The highest BCUT2D eigenvalue weighted by molar-refractivity contribution is 5.62. The molecule has 3 rings (SSSR count). The summed E-state index contributed by atoms with van der Waals surface area (Å²) in [6, 6.07) is 16.2. The highest BCUT2D eigenvalue weighted by Gasteiger charge is 2.15. The number of nitrogens with one attached hydrogen (secondary N) is 1. The van der Waals surface area contributed by atoms with Gasteiger partial charge in [0.25, 0.3) is 0 Å². The summed E-state index contributed by atoms with van der Waals surface area (Å²) in [5.74, 6) is 2.47. The molecule has 0 saturated heterocycles. The summed E-state index contributed by atoms with van der Waals surface area (Å²) < 4.78 is 0. The van der Waals surface area contributed by atoms with Crippen molar-refractivity contribution in [2.24, 2.45) is 0 Å². The molecule has 3 aromatic rings. The van der Waals surface area contributed by atoms with Crippen molar-refractivity contribution in [1.82, 2.24) is 15.0 Å². The van der Waals surface area contributed by atoms with E-state index in [2.05, 4.69) is 55.2 Å². The van der Waals surface area contributed by atoms with Crippen LogP contribution in [0.2, 0.25) is 0 Å². The molecule has 140 valence electrons. The molecule has 0 bridgehead atoms. The summed E-state index contributed by atoms with van der Waals surface area (Å²) in [6.45, 7) is 7.25. The molecule has 1 aromatic carbocycles. The van der Waals surface area contributed by atoms with Gasteiger partial charge in [-0.05, 0) is 44.9 Å². The molecule has 0 unspecified atom stereocenters. The fourth-order valence-electron chi connectivity index (χ4n) is 2.76. The van der Waals surface area contributed by atoms with Gasteiger partial charge in [-0.1, -0.05) is 30.3 Å². The Kier molecular flexibility index (Phi) is 5.69. The van der Waals surface area contributed by atoms with Crippen molar-refractivity contribution in [3.8, 4) is 11.4 Å². The molecule has 2 heterocycles. The molecule has 0 aliphatic carbocycles. The van der Waals surface area contributed by atoms with Crippen LogP contribution in [0, 0.1) is 0 Å². The van der Waals surface area contributed by atoms with E-state index in [9.17, 15) is 0 Å². The van der Waals surface area contributed by atoms with Gasteiger partial charge in [0.15, 0.2) is 5.82 Å². The number of benzene rings is 1. The average molecular weight is 361 g/mol. The zero-order valence-corrected chi connectivity index (χ0v) is 16.5. The molecule has 0 aliphatic heterocycles. The topological polar surface area (TPSA) is 53.9 Å². The van der Waals surface area contributed by atoms with Gasteiger partial charge in [0, 0.05) is 43.2 Å². The maximum absolute atomic E-state index is 4.81. The normalized spacial score (nSPS) is 11.3. The van der Waals surface area contributed by atoms with Crippen LogP contribution in [-0.4, -0.2) is 34.1 Å². The largest absolute Gasteiger partial charge is 0.365 e. The van der Waals surface area contributed by atoms with E-state index in [0.717, 1.165) is 36.0 Å². The second-order valence-corrected chi connectivity index (χ2v) is 7.70. The predicted molar refractivity (Wildman–Crippen MR) is 112 cm³/mol. The number of anilines is 2. The lowest BCUT2D eigenvalue weighted by atomic mass is 10.1. The van der Waals surface area contributed by atoms with Gasteiger partial charge in [-0.2, -0.15) is 0 Å². The Bertz CT molecular complexity index is 857. The summed E-state index contributed by atoms with van der Waals surface area (Å²) >= 11 is 0. The molecule has 1 N–H and O–H groups in total. The number of hydrogen-bond acceptors (Lipinski definition) is 5. The van der Waals surface area contributed by atoms with Gasteiger partial charge >= 0.3 is 0 Å². The van der Waals surface area contributed by atoms with Crippen LogP contribution in [0.15, 0.2) is 60.9 Å². The van der Waals surface area contributed by atoms with Crippen LogP contribution < -0.4 is 10.2 Å². The minimum Gasteiger partial charge on any atom is -0.365 e.